The van der Waals surface area contributed by atoms with Crippen LogP contribution in [-0.4, -0.2) is 47.0 Å². The molecule has 0 aromatic rings. The molecule has 0 bridgehead atoms. The summed E-state index contributed by atoms with van der Waals surface area (Å²) in [6.45, 7) is 9.99. The second-order valence-corrected chi connectivity index (χ2v) is 7.01. The number of nitrogens with one attached hydrogen (secondary N) is 1. The lowest BCUT2D eigenvalue weighted by Crippen LogP contribution is -2.57. The van der Waals surface area contributed by atoms with Gasteiger partial charge in [0.25, 0.3) is 0 Å². The number of likely N-dealkylation sites (N-methyl/N-ethyl adjacent to an activating group) is 1. The molecule has 1 saturated heterocycles. The average Bonchev–Trinajstić information content (AvgIpc) is 2.15. The molecule has 1 N–H and O–H groups in total. The molecule has 0 saturated carbocycles. The molecule has 88 valence electrons. The summed E-state index contributed by atoms with van der Waals surface area (Å²) in [4.78, 5) is 14.2. The summed E-state index contributed by atoms with van der Waals surface area (Å²) >= 11 is 1.95. The Kier molecular flexibility index (Phi) is 3.71. The van der Waals surface area contributed by atoms with E-state index in [-0.39, 0.29) is 10.7 Å². The number of hydrogen-bond acceptors (Lipinski definition) is 3. The van der Waals surface area contributed by atoms with E-state index in [1.54, 1.807) is 0 Å². The molecule has 1 heterocycles. The fourth-order valence-corrected chi connectivity index (χ4v) is 2.80. The van der Waals surface area contributed by atoms with Crippen LogP contribution in [0.25, 0.3) is 0 Å². The first-order chi connectivity index (χ1) is 6.78. The maximum absolute atomic E-state index is 12.2. The second kappa shape index (κ2) is 4.34. The molecule has 1 fully saturated rings. The van der Waals surface area contributed by atoms with Gasteiger partial charge in [-0.05, 0) is 34.7 Å². The highest BCUT2D eigenvalue weighted by atomic mass is 32.2. The molecule has 0 aromatic carbocycles. The monoisotopic (exact) mass is 230 g/mol. The standard InChI is InChI=1S/C11H22N2OS/c1-10(2)8-13(6-7-15-10)9(14)11(3,4)12-5/h12H,6-8H2,1-5H3. The molecular formula is C11H22N2OS. The van der Waals surface area contributed by atoms with Gasteiger partial charge < -0.3 is 10.2 Å². The van der Waals surface area contributed by atoms with Crippen LogP contribution >= 0.6 is 11.8 Å². The van der Waals surface area contributed by atoms with Crippen molar-refractivity contribution >= 4 is 17.7 Å². The van der Waals surface area contributed by atoms with Crippen LogP contribution in [0.2, 0.25) is 0 Å². The Morgan fingerprint density at radius 1 is 1.47 bits per heavy atom. The van der Waals surface area contributed by atoms with Crippen molar-refractivity contribution in [2.75, 3.05) is 25.9 Å². The van der Waals surface area contributed by atoms with Gasteiger partial charge >= 0.3 is 0 Å². The summed E-state index contributed by atoms with van der Waals surface area (Å²) in [5.74, 6) is 1.25. The van der Waals surface area contributed by atoms with E-state index in [0.29, 0.717) is 0 Å². The van der Waals surface area contributed by atoms with E-state index in [1.807, 2.05) is 37.6 Å². The number of carbonyl (C=O) groups is 1. The molecule has 0 aromatic heterocycles. The van der Waals surface area contributed by atoms with E-state index < -0.39 is 5.54 Å². The molecule has 0 atom stereocenters. The van der Waals surface area contributed by atoms with E-state index in [1.165, 1.54) is 0 Å². The van der Waals surface area contributed by atoms with Crippen molar-refractivity contribution in [2.45, 2.75) is 38.0 Å². The highest BCUT2D eigenvalue weighted by Crippen LogP contribution is 2.30. The van der Waals surface area contributed by atoms with Gasteiger partial charge in [0.1, 0.15) is 0 Å². The number of amides is 1. The van der Waals surface area contributed by atoms with E-state index in [9.17, 15) is 4.79 Å². The highest BCUT2D eigenvalue weighted by Gasteiger charge is 2.35. The number of hydrogen-bond donors (Lipinski definition) is 1. The molecule has 1 aliphatic rings. The zero-order valence-corrected chi connectivity index (χ0v) is 11.2. The van der Waals surface area contributed by atoms with Crippen molar-refractivity contribution in [1.82, 2.24) is 10.2 Å². The number of carbonyl (C=O) groups excluding carboxylic acids is 1. The maximum Gasteiger partial charge on any atom is 0.242 e. The van der Waals surface area contributed by atoms with Crippen LogP contribution in [0.15, 0.2) is 0 Å². The van der Waals surface area contributed by atoms with E-state index in [0.717, 1.165) is 18.8 Å². The fraction of sp³-hybridized carbons (Fsp3) is 0.909. The Hall–Kier alpha value is -0.220. The van der Waals surface area contributed by atoms with Crippen molar-refractivity contribution < 1.29 is 4.79 Å². The quantitative estimate of drug-likeness (QED) is 0.777. The van der Waals surface area contributed by atoms with Crippen molar-refractivity contribution in [3.05, 3.63) is 0 Å². The summed E-state index contributed by atoms with van der Waals surface area (Å²) in [6.07, 6.45) is 0. The first-order valence-electron chi connectivity index (χ1n) is 5.41. The maximum atomic E-state index is 12.2. The molecule has 1 amide bonds. The molecular weight excluding hydrogens is 208 g/mol. The van der Waals surface area contributed by atoms with Crippen LogP contribution < -0.4 is 5.32 Å². The van der Waals surface area contributed by atoms with Crippen LogP contribution in [0.3, 0.4) is 0 Å². The third kappa shape index (κ3) is 3.11. The van der Waals surface area contributed by atoms with Crippen LogP contribution in [0.1, 0.15) is 27.7 Å². The number of thioether (sulfide) groups is 1. The van der Waals surface area contributed by atoms with Crippen molar-refractivity contribution in [1.29, 1.82) is 0 Å². The molecule has 1 rings (SSSR count). The Morgan fingerprint density at radius 3 is 2.53 bits per heavy atom. The lowest BCUT2D eigenvalue weighted by Gasteiger charge is -2.40. The second-order valence-electron chi connectivity index (χ2n) is 5.21. The molecule has 0 aliphatic carbocycles. The van der Waals surface area contributed by atoms with Crippen molar-refractivity contribution in [3.8, 4) is 0 Å². The third-order valence-corrected chi connectivity index (χ3v) is 4.17. The first kappa shape index (κ1) is 12.8. The van der Waals surface area contributed by atoms with E-state index in [4.69, 9.17) is 0 Å². The zero-order chi connectivity index (χ0) is 11.7. The van der Waals surface area contributed by atoms with Crippen LogP contribution in [0.4, 0.5) is 0 Å². The van der Waals surface area contributed by atoms with Gasteiger partial charge in [0, 0.05) is 23.6 Å². The predicted octanol–water partition coefficient (Wildman–Crippen LogP) is 1.34. The molecule has 0 radical (unpaired) electrons. The van der Waals surface area contributed by atoms with Gasteiger partial charge in [-0.15, -0.1) is 0 Å². The molecule has 1 aliphatic heterocycles. The van der Waals surface area contributed by atoms with Crippen LogP contribution in [0.5, 0.6) is 0 Å². The van der Waals surface area contributed by atoms with Crippen molar-refractivity contribution in [2.24, 2.45) is 0 Å². The summed E-state index contributed by atoms with van der Waals surface area (Å²) in [5.41, 5.74) is -0.446. The Morgan fingerprint density at radius 2 is 2.07 bits per heavy atom. The summed E-state index contributed by atoms with van der Waals surface area (Å²) < 4.78 is 0.192. The van der Waals surface area contributed by atoms with Crippen LogP contribution in [0, 0.1) is 0 Å². The van der Waals surface area contributed by atoms with E-state index in [2.05, 4.69) is 19.2 Å². The largest absolute Gasteiger partial charge is 0.339 e. The highest BCUT2D eigenvalue weighted by molar-refractivity contribution is 8.00. The normalized spacial score (nSPS) is 21.5. The molecule has 0 unspecified atom stereocenters. The number of nitrogens with zero attached hydrogens (tertiary/aromatic N) is 1. The predicted molar refractivity (Wildman–Crippen MR) is 66.3 cm³/mol. The molecule has 3 nitrogen and oxygen atoms in total. The zero-order valence-electron chi connectivity index (χ0n) is 10.4. The minimum absolute atomic E-state index is 0.192. The van der Waals surface area contributed by atoms with Gasteiger partial charge in [-0.3, -0.25) is 4.79 Å². The summed E-state index contributed by atoms with van der Waals surface area (Å²) in [5, 5.41) is 3.07. The molecule has 0 spiro atoms. The Balaban J connectivity index is 2.68. The Bertz CT molecular complexity index is 251. The Labute approximate surface area is 97.0 Å². The summed E-state index contributed by atoms with van der Waals surface area (Å²) in [7, 11) is 1.84. The topological polar surface area (TPSA) is 32.3 Å². The fourth-order valence-electron chi connectivity index (χ4n) is 1.69. The van der Waals surface area contributed by atoms with Gasteiger partial charge in [-0.1, -0.05) is 0 Å². The lowest BCUT2D eigenvalue weighted by molar-refractivity contribution is -0.137. The minimum atomic E-state index is -0.446. The first-order valence-corrected chi connectivity index (χ1v) is 6.39. The summed E-state index contributed by atoms with van der Waals surface area (Å²) in [6, 6.07) is 0. The SMILES string of the molecule is CNC(C)(C)C(=O)N1CCSC(C)(C)C1. The van der Waals surface area contributed by atoms with Gasteiger partial charge in [-0.2, -0.15) is 11.8 Å². The van der Waals surface area contributed by atoms with Gasteiger partial charge in [0.15, 0.2) is 0 Å². The number of rotatable bonds is 2. The third-order valence-electron chi connectivity index (χ3n) is 2.87. The van der Waals surface area contributed by atoms with Gasteiger partial charge in [0.05, 0.1) is 5.54 Å². The minimum Gasteiger partial charge on any atom is -0.339 e. The van der Waals surface area contributed by atoms with Crippen molar-refractivity contribution in [3.63, 3.8) is 0 Å². The lowest BCUT2D eigenvalue weighted by atomic mass is 10.0. The van der Waals surface area contributed by atoms with E-state index >= 15 is 0 Å². The molecule has 15 heavy (non-hydrogen) atoms. The van der Waals surface area contributed by atoms with Gasteiger partial charge in [-0.25, -0.2) is 0 Å². The van der Waals surface area contributed by atoms with Crippen LogP contribution in [-0.2, 0) is 4.79 Å². The van der Waals surface area contributed by atoms with Gasteiger partial charge in [0.2, 0.25) is 5.91 Å². The average molecular weight is 230 g/mol. The smallest absolute Gasteiger partial charge is 0.242 e. The molecule has 4 heteroatoms.